The van der Waals surface area contributed by atoms with Crippen molar-refractivity contribution in [3.63, 3.8) is 0 Å². The van der Waals surface area contributed by atoms with Crippen LogP contribution in [0.25, 0.3) is 0 Å². The number of halogens is 3. The van der Waals surface area contributed by atoms with Gasteiger partial charge in [-0.1, -0.05) is 29.3 Å². The molecule has 2 heterocycles. The average molecular weight is 356 g/mol. The molecule has 3 N–H and O–H groups in total. The van der Waals surface area contributed by atoms with Gasteiger partial charge in [0.25, 0.3) is 0 Å². The van der Waals surface area contributed by atoms with Crippen LogP contribution in [-0.4, -0.2) is 34.5 Å². The third-order valence-corrected chi connectivity index (χ3v) is 4.75. The first kappa shape index (κ1) is 16.2. The van der Waals surface area contributed by atoms with Gasteiger partial charge in [0, 0.05) is 12.6 Å². The monoisotopic (exact) mass is 355 g/mol. The normalized spacial score (nSPS) is 21.6. The standard InChI is InChI=1S/C15H16Cl2FN5/c1-23-5-4-11(22-15-12(17)14(19)20-7-21-15)13(23)8-2-3-9(16)10(18)6-8/h2-3,6-7,11,13H,4-5H2,1H3,(H3,19,20,21,22). The Morgan fingerprint density at radius 3 is 2.87 bits per heavy atom. The predicted molar refractivity (Wildman–Crippen MR) is 90.3 cm³/mol. The Balaban J connectivity index is 1.89. The maximum Gasteiger partial charge on any atom is 0.150 e. The van der Waals surface area contributed by atoms with E-state index in [1.165, 1.54) is 12.4 Å². The summed E-state index contributed by atoms with van der Waals surface area (Å²) in [5.41, 5.74) is 6.56. The Labute approximate surface area is 143 Å². The molecular formula is C15H16Cl2FN5. The number of hydrogen-bond donors (Lipinski definition) is 2. The van der Waals surface area contributed by atoms with E-state index in [0.717, 1.165) is 18.5 Å². The molecule has 0 bridgehead atoms. The molecule has 2 atom stereocenters. The maximum absolute atomic E-state index is 13.8. The van der Waals surface area contributed by atoms with E-state index >= 15 is 0 Å². The molecule has 1 aromatic carbocycles. The number of nitrogens with two attached hydrogens (primary N) is 1. The molecule has 2 unspecified atom stereocenters. The van der Waals surface area contributed by atoms with E-state index in [-0.39, 0.29) is 22.9 Å². The van der Waals surface area contributed by atoms with Crippen molar-refractivity contribution in [2.24, 2.45) is 0 Å². The van der Waals surface area contributed by atoms with Gasteiger partial charge in [0.15, 0.2) is 5.82 Å². The van der Waals surface area contributed by atoms with Gasteiger partial charge in [0.2, 0.25) is 0 Å². The van der Waals surface area contributed by atoms with E-state index in [0.29, 0.717) is 10.8 Å². The zero-order valence-electron chi connectivity index (χ0n) is 12.4. The van der Waals surface area contributed by atoms with Gasteiger partial charge in [-0.25, -0.2) is 14.4 Å². The molecule has 23 heavy (non-hydrogen) atoms. The van der Waals surface area contributed by atoms with Crippen LogP contribution in [0.1, 0.15) is 18.0 Å². The van der Waals surface area contributed by atoms with Gasteiger partial charge in [-0.15, -0.1) is 0 Å². The number of rotatable bonds is 3. The van der Waals surface area contributed by atoms with Crippen LogP contribution in [-0.2, 0) is 0 Å². The van der Waals surface area contributed by atoms with Gasteiger partial charge in [-0.05, 0) is 31.2 Å². The third kappa shape index (κ3) is 3.20. The lowest BCUT2D eigenvalue weighted by Gasteiger charge is -2.27. The molecule has 5 nitrogen and oxygen atoms in total. The highest BCUT2D eigenvalue weighted by atomic mass is 35.5. The highest BCUT2D eigenvalue weighted by Crippen LogP contribution is 2.35. The van der Waals surface area contributed by atoms with Gasteiger partial charge in [0.05, 0.1) is 11.1 Å². The average Bonchev–Trinajstić information content (AvgIpc) is 2.88. The van der Waals surface area contributed by atoms with Crippen LogP contribution in [0.2, 0.25) is 10.0 Å². The fourth-order valence-electron chi connectivity index (χ4n) is 2.94. The lowest BCUT2D eigenvalue weighted by atomic mass is 10.00. The van der Waals surface area contributed by atoms with Crippen molar-refractivity contribution in [2.45, 2.75) is 18.5 Å². The second-order valence-corrected chi connectivity index (χ2v) is 6.35. The fourth-order valence-corrected chi connectivity index (χ4v) is 3.21. The first-order chi connectivity index (χ1) is 11.0. The lowest BCUT2D eigenvalue weighted by molar-refractivity contribution is 0.308. The molecule has 1 aliphatic rings. The molecule has 1 aromatic heterocycles. The first-order valence-electron chi connectivity index (χ1n) is 7.15. The van der Waals surface area contributed by atoms with E-state index in [1.807, 2.05) is 13.1 Å². The van der Waals surface area contributed by atoms with Crippen LogP contribution in [0.4, 0.5) is 16.0 Å². The van der Waals surface area contributed by atoms with Gasteiger partial charge >= 0.3 is 0 Å². The van der Waals surface area contributed by atoms with Crippen LogP contribution in [0.3, 0.4) is 0 Å². The second kappa shape index (κ2) is 6.47. The lowest BCUT2D eigenvalue weighted by Crippen LogP contribution is -2.29. The van der Waals surface area contributed by atoms with Crippen molar-refractivity contribution in [3.8, 4) is 0 Å². The summed E-state index contributed by atoms with van der Waals surface area (Å²) in [6.07, 6.45) is 2.23. The highest BCUT2D eigenvalue weighted by molar-refractivity contribution is 6.35. The number of nitrogens with zero attached hydrogens (tertiary/aromatic N) is 3. The largest absolute Gasteiger partial charge is 0.382 e. The SMILES string of the molecule is CN1CCC(Nc2ncnc(N)c2Cl)C1c1ccc(Cl)c(F)c1. The van der Waals surface area contributed by atoms with E-state index in [2.05, 4.69) is 20.2 Å². The van der Waals surface area contributed by atoms with Crippen molar-refractivity contribution in [2.75, 3.05) is 24.6 Å². The van der Waals surface area contributed by atoms with Gasteiger partial charge in [0.1, 0.15) is 23.0 Å². The van der Waals surface area contributed by atoms with Crippen LogP contribution in [0.5, 0.6) is 0 Å². The molecule has 2 aromatic rings. The number of hydrogen-bond acceptors (Lipinski definition) is 5. The Bertz CT molecular complexity index is 727. The molecule has 0 saturated carbocycles. The minimum absolute atomic E-state index is 0.0194. The molecule has 1 fully saturated rings. The Kier molecular flexibility index (Phi) is 4.57. The van der Waals surface area contributed by atoms with Crippen LogP contribution in [0.15, 0.2) is 24.5 Å². The zero-order chi connectivity index (χ0) is 16.6. The van der Waals surface area contributed by atoms with E-state index in [1.54, 1.807) is 6.07 Å². The number of anilines is 2. The number of nitrogens with one attached hydrogen (secondary N) is 1. The summed E-state index contributed by atoms with van der Waals surface area (Å²) in [6, 6.07) is 4.88. The van der Waals surface area contributed by atoms with Crippen LogP contribution in [0, 0.1) is 5.82 Å². The minimum Gasteiger partial charge on any atom is -0.382 e. The molecule has 0 amide bonds. The van der Waals surface area contributed by atoms with Crippen LogP contribution < -0.4 is 11.1 Å². The molecular weight excluding hydrogens is 340 g/mol. The van der Waals surface area contributed by atoms with Crippen molar-refractivity contribution in [1.82, 2.24) is 14.9 Å². The topological polar surface area (TPSA) is 67.1 Å². The minimum atomic E-state index is -0.424. The summed E-state index contributed by atoms with van der Waals surface area (Å²) in [6.45, 7) is 0.866. The first-order valence-corrected chi connectivity index (χ1v) is 7.90. The summed E-state index contributed by atoms with van der Waals surface area (Å²) in [5.74, 6) is 0.288. The maximum atomic E-state index is 13.8. The van der Waals surface area contributed by atoms with Crippen molar-refractivity contribution < 1.29 is 4.39 Å². The molecule has 0 spiro atoms. The molecule has 0 aliphatic carbocycles. The second-order valence-electron chi connectivity index (χ2n) is 5.56. The van der Waals surface area contributed by atoms with Crippen LogP contribution >= 0.6 is 23.2 Å². The summed E-state index contributed by atoms with van der Waals surface area (Å²) in [5, 5.41) is 3.71. The quantitative estimate of drug-likeness (QED) is 0.883. The van der Waals surface area contributed by atoms with Gasteiger partial charge < -0.3 is 11.1 Å². The summed E-state index contributed by atoms with van der Waals surface area (Å²) >= 11 is 11.9. The number of likely N-dealkylation sites (tertiary alicyclic amines) is 1. The molecule has 1 aliphatic heterocycles. The van der Waals surface area contributed by atoms with Gasteiger partial charge in [-0.3, -0.25) is 4.90 Å². The highest BCUT2D eigenvalue weighted by Gasteiger charge is 2.34. The number of benzene rings is 1. The number of likely N-dealkylation sites (N-methyl/N-ethyl adjacent to an activating group) is 1. The fraction of sp³-hybridized carbons (Fsp3) is 0.333. The molecule has 1 saturated heterocycles. The van der Waals surface area contributed by atoms with Crippen molar-refractivity contribution in [1.29, 1.82) is 0 Å². The zero-order valence-corrected chi connectivity index (χ0v) is 13.9. The molecule has 3 rings (SSSR count). The molecule has 122 valence electrons. The Morgan fingerprint density at radius 2 is 2.13 bits per heavy atom. The molecule has 0 radical (unpaired) electrons. The van der Waals surface area contributed by atoms with E-state index in [4.69, 9.17) is 28.9 Å². The number of nitrogen functional groups attached to an aromatic ring is 1. The van der Waals surface area contributed by atoms with Gasteiger partial charge in [-0.2, -0.15) is 0 Å². The number of aromatic nitrogens is 2. The van der Waals surface area contributed by atoms with Crippen molar-refractivity contribution in [3.05, 3.63) is 46.0 Å². The third-order valence-electron chi connectivity index (χ3n) is 4.07. The molecule has 8 heteroatoms. The van der Waals surface area contributed by atoms with E-state index < -0.39 is 5.82 Å². The Morgan fingerprint density at radius 1 is 1.35 bits per heavy atom. The summed E-state index contributed by atoms with van der Waals surface area (Å²) in [4.78, 5) is 10.1. The van der Waals surface area contributed by atoms with E-state index in [9.17, 15) is 4.39 Å². The summed E-state index contributed by atoms with van der Waals surface area (Å²) in [7, 11) is 1.99. The smallest absolute Gasteiger partial charge is 0.150 e. The summed E-state index contributed by atoms with van der Waals surface area (Å²) < 4.78 is 13.8. The predicted octanol–water partition coefficient (Wildman–Crippen LogP) is 3.36. The van der Waals surface area contributed by atoms with Crippen molar-refractivity contribution >= 4 is 34.8 Å². The Hall–Kier alpha value is -1.63.